The van der Waals surface area contributed by atoms with E-state index in [4.69, 9.17) is 14.2 Å². The molecule has 0 atom stereocenters. The van der Waals surface area contributed by atoms with Crippen molar-refractivity contribution in [2.24, 2.45) is 11.8 Å². The maximum atomic E-state index is 12.3. The van der Waals surface area contributed by atoms with Crippen LogP contribution in [0, 0.1) is 11.8 Å². The number of unbranched alkanes of at least 4 members (excludes halogenated alkanes) is 17. The minimum absolute atomic E-state index is 0.00967. The fraction of sp³-hybridized carbons (Fsp3) is 0.962. The first kappa shape index (κ1) is 54.9. The van der Waals surface area contributed by atoms with Gasteiger partial charge in [0.1, 0.15) is 0 Å². The minimum Gasteiger partial charge on any atom is -0.466 e. The number of esters is 2. The predicted molar refractivity (Wildman–Crippen MR) is 249 cm³/mol. The Bertz CT molecular complexity index is 804. The molecule has 0 N–H and O–H groups in total. The van der Waals surface area contributed by atoms with E-state index in [-0.39, 0.29) is 11.9 Å². The van der Waals surface area contributed by atoms with Gasteiger partial charge in [-0.25, -0.2) is 0 Å². The molecule has 1 saturated heterocycles. The monoisotopic (exact) mass is 820 g/mol. The standard InChI is InChI=1S/C52H101NO5/c1-5-9-32-48(33-10-6-2)40-46-57-51(54)38-26-21-17-13-15-19-24-36-50(56-45-31-30-44-53-42-28-23-29-43-53)37-25-20-16-14-18-22-27-39-52(55)58-47-41-49(34-11-7-3)35-12-8-4/h48-50H,5-47H2,1-4H3. The molecule has 0 aromatic heterocycles. The number of carbonyl (C=O) groups is 2. The Morgan fingerprint density at radius 2 is 0.810 bits per heavy atom. The van der Waals surface area contributed by atoms with Crippen LogP contribution in [0.2, 0.25) is 0 Å². The van der Waals surface area contributed by atoms with Gasteiger partial charge in [0.05, 0.1) is 19.3 Å². The van der Waals surface area contributed by atoms with Gasteiger partial charge in [0.2, 0.25) is 0 Å². The second-order valence-electron chi connectivity index (χ2n) is 18.4. The molecule has 1 rings (SSSR count). The van der Waals surface area contributed by atoms with Gasteiger partial charge in [-0.3, -0.25) is 9.59 Å². The topological polar surface area (TPSA) is 65.1 Å². The van der Waals surface area contributed by atoms with E-state index in [2.05, 4.69) is 32.6 Å². The average Bonchev–Trinajstić information content (AvgIpc) is 3.23. The van der Waals surface area contributed by atoms with Gasteiger partial charge in [-0.15, -0.1) is 0 Å². The van der Waals surface area contributed by atoms with Gasteiger partial charge in [-0.05, 0) is 95.7 Å². The summed E-state index contributed by atoms with van der Waals surface area (Å²) in [5.74, 6) is 1.46. The largest absolute Gasteiger partial charge is 0.466 e. The highest BCUT2D eigenvalue weighted by atomic mass is 16.5. The Balaban J connectivity index is 2.18. The van der Waals surface area contributed by atoms with Gasteiger partial charge in [-0.1, -0.05) is 188 Å². The molecule has 1 aliphatic rings. The summed E-state index contributed by atoms with van der Waals surface area (Å²) in [5, 5.41) is 0. The summed E-state index contributed by atoms with van der Waals surface area (Å²) in [7, 11) is 0. The Hall–Kier alpha value is -1.14. The molecular weight excluding hydrogens is 719 g/mol. The number of rotatable bonds is 44. The molecular formula is C52H101NO5. The van der Waals surface area contributed by atoms with Gasteiger partial charge < -0.3 is 19.1 Å². The number of hydrogen-bond acceptors (Lipinski definition) is 6. The first-order valence-electron chi connectivity index (χ1n) is 26.2. The maximum Gasteiger partial charge on any atom is 0.305 e. The zero-order chi connectivity index (χ0) is 42.0. The van der Waals surface area contributed by atoms with E-state index in [1.54, 1.807) is 0 Å². The van der Waals surface area contributed by atoms with Crippen LogP contribution in [0.3, 0.4) is 0 Å². The van der Waals surface area contributed by atoms with Crippen LogP contribution >= 0.6 is 0 Å². The molecule has 58 heavy (non-hydrogen) atoms. The van der Waals surface area contributed by atoms with Gasteiger partial charge in [0.15, 0.2) is 0 Å². The minimum atomic E-state index is 0.00967. The van der Waals surface area contributed by atoms with Gasteiger partial charge in [0.25, 0.3) is 0 Å². The molecule has 0 spiro atoms. The normalized spacial score (nSPS) is 13.6. The smallest absolute Gasteiger partial charge is 0.305 e. The Kier molecular flexibility index (Phi) is 40.3. The van der Waals surface area contributed by atoms with E-state index < -0.39 is 0 Å². The Labute approximate surface area is 362 Å². The van der Waals surface area contributed by atoms with Crippen molar-refractivity contribution in [3.8, 4) is 0 Å². The first-order chi connectivity index (χ1) is 28.5. The molecule has 0 aromatic rings. The number of ether oxygens (including phenoxy) is 3. The van der Waals surface area contributed by atoms with Crippen molar-refractivity contribution in [2.75, 3.05) is 39.5 Å². The van der Waals surface area contributed by atoms with Gasteiger partial charge in [-0.2, -0.15) is 0 Å². The summed E-state index contributed by atoms with van der Waals surface area (Å²) in [6.45, 7) is 15.0. The molecule has 344 valence electrons. The second-order valence-corrected chi connectivity index (χ2v) is 18.4. The molecule has 0 amide bonds. The SMILES string of the molecule is CCCCC(CCCC)CCOC(=O)CCCCCCCCCC(CCCCCCCCCC(=O)OCCC(CCCC)CCCC)OCCCCN1CCCCC1. The third-order valence-electron chi connectivity index (χ3n) is 12.9. The summed E-state index contributed by atoms with van der Waals surface area (Å²) >= 11 is 0. The summed E-state index contributed by atoms with van der Waals surface area (Å²) < 4.78 is 17.8. The third kappa shape index (κ3) is 35.6. The Morgan fingerprint density at radius 1 is 0.414 bits per heavy atom. The zero-order valence-electron chi connectivity index (χ0n) is 39.6. The fourth-order valence-corrected chi connectivity index (χ4v) is 8.89. The van der Waals surface area contributed by atoms with E-state index in [0.29, 0.717) is 32.2 Å². The number of likely N-dealkylation sites (tertiary alicyclic amines) is 1. The fourth-order valence-electron chi connectivity index (χ4n) is 8.89. The van der Waals surface area contributed by atoms with E-state index in [9.17, 15) is 9.59 Å². The number of piperidine rings is 1. The van der Waals surface area contributed by atoms with Crippen LogP contribution in [-0.2, 0) is 23.8 Å². The molecule has 0 bridgehead atoms. The third-order valence-corrected chi connectivity index (χ3v) is 12.9. The lowest BCUT2D eigenvalue weighted by Crippen LogP contribution is -2.30. The second kappa shape index (κ2) is 42.5. The van der Waals surface area contributed by atoms with Crippen molar-refractivity contribution in [1.82, 2.24) is 4.90 Å². The highest BCUT2D eigenvalue weighted by Gasteiger charge is 2.14. The van der Waals surface area contributed by atoms with Crippen LogP contribution in [0.25, 0.3) is 0 Å². The summed E-state index contributed by atoms with van der Waals surface area (Å²) in [4.78, 5) is 27.2. The summed E-state index contributed by atoms with van der Waals surface area (Å²) in [5.41, 5.74) is 0. The number of hydrogen-bond donors (Lipinski definition) is 0. The lowest BCUT2D eigenvalue weighted by atomic mass is 9.93. The number of nitrogens with zero attached hydrogens (tertiary/aromatic N) is 1. The maximum absolute atomic E-state index is 12.3. The quantitative estimate of drug-likeness (QED) is 0.0451. The van der Waals surface area contributed by atoms with Crippen molar-refractivity contribution in [3.05, 3.63) is 0 Å². The van der Waals surface area contributed by atoms with Crippen LogP contribution in [-0.4, -0.2) is 62.4 Å². The van der Waals surface area contributed by atoms with Gasteiger partial charge >= 0.3 is 11.9 Å². The first-order valence-corrected chi connectivity index (χ1v) is 26.2. The van der Waals surface area contributed by atoms with Crippen LogP contribution in [0.5, 0.6) is 0 Å². The molecule has 0 aromatic carbocycles. The van der Waals surface area contributed by atoms with Crippen molar-refractivity contribution in [1.29, 1.82) is 0 Å². The predicted octanol–water partition coefficient (Wildman–Crippen LogP) is 15.5. The lowest BCUT2D eigenvalue weighted by Gasteiger charge is -2.26. The lowest BCUT2D eigenvalue weighted by molar-refractivity contribution is -0.145. The molecule has 1 fully saturated rings. The molecule has 0 radical (unpaired) electrons. The molecule has 0 unspecified atom stereocenters. The molecule has 0 aliphatic carbocycles. The van der Waals surface area contributed by atoms with Crippen molar-refractivity contribution < 1.29 is 23.8 Å². The van der Waals surface area contributed by atoms with E-state index in [1.807, 2.05) is 0 Å². The van der Waals surface area contributed by atoms with Crippen LogP contribution < -0.4 is 0 Å². The molecule has 6 nitrogen and oxygen atoms in total. The van der Waals surface area contributed by atoms with Crippen LogP contribution in [0.1, 0.15) is 265 Å². The van der Waals surface area contributed by atoms with E-state index in [1.165, 1.54) is 206 Å². The van der Waals surface area contributed by atoms with E-state index >= 15 is 0 Å². The molecule has 1 aliphatic heterocycles. The highest BCUT2D eigenvalue weighted by molar-refractivity contribution is 5.69. The molecule has 1 heterocycles. The number of carbonyl (C=O) groups excluding carboxylic acids is 2. The van der Waals surface area contributed by atoms with Crippen molar-refractivity contribution in [2.45, 2.75) is 271 Å². The van der Waals surface area contributed by atoms with Crippen molar-refractivity contribution >= 4 is 11.9 Å². The zero-order valence-corrected chi connectivity index (χ0v) is 39.6. The molecule has 0 saturated carbocycles. The van der Waals surface area contributed by atoms with Crippen LogP contribution in [0.4, 0.5) is 0 Å². The van der Waals surface area contributed by atoms with Gasteiger partial charge in [0, 0.05) is 19.4 Å². The van der Waals surface area contributed by atoms with E-state index in [0.717, 1.165) is 57.0 Å². The summed E-state index contributed by atoms with van der Waals surface area (Å²) in [6, 6.07) is 0. The van der Waals surface area contributed by atoms with Crippen molar-refractivity contribution in [3.63, 3.8) is 0 Å². The Morgan fingerprint density at radius 3 is 1.22 bits per heavy atom. The highest BCUT2D eigenvalue weighted by Crippen LogP contribution is 2.22. The average molecular weight is 820 g/mol. The summed E-state index contributed by atoms with van der Waals surface area (Å²) in [6.07, 6.45) is 44.9. The molecule has 6 heteroatoms. The van der Waals surface area contributed by atoms with Crippen LogP contribution in [0.15, 0.2) is 0 Å².